The molecule has 6 nitrogen and oxygen atoms in total. The van der Waals surface area contributed by atoms with Gasteiger partial charge in [-0.05, 0) is 38.1 Å². The van der Waals surface area contributed by atoms with Crippen molar-refractivity contribution < 1.29 is 4.79 Å². The van der Waals surface area contributed by atoms with Gasteiger partial charge in [0.15, 0.2) is 0 Å². The summed E-state index contributed by atoms with van der Waals surface area (Å²) < 4.78 is 0. The van der Waals surface area contributed by atoms with E-state index in [2.05, 4.69) is 25.8 Å². The van der Waals surface area contributed by atoms with Crippen molar-refractivity contribution in [2.75, 3.05) is 11.9 Å². The average Bonchev–Trinajstić information content (AvgIpc) is 2.45. The van der Waals surface area contributed by atoms with E-state index in [1.54, 1.807) is 24.4 Å². The molecule has 0 aliphatic heterocycles. The van der Waals surface area contributed by atoms with Crippen molar-refractivity contribution in [2.45, 2.75) is 20.4 Å². The van der Waals surface area contributed by atoms with Crippen molar-refractivity contribution in [3.05, 3.63) is 47.4 Å². The van der Waals surface area contributed by atoms with Gasteiger partial charge in [-0.3, -0.25) is 4.79 Å². The first kappa shape index (κ1) is 13.9. The standard InChI is InChI=1S/C14H17N5O/c1-3-15-13-8-11(7-10(2)18-13)14(20)16-9-12-5-4-6-17-19-12/h4-8H,3,9H2,1-2H3,(H,15,18)(H,16,20). The number of rotatable bonds is 5. The predicted octanol–water partition coefficient (Wildman–Crippen LogP) is 1.54. The van der Waals surface area contributed by atoms with Crippen LogP contribution >= 0.6 is 0 Å². The number of carbonyl (C=O) groups is 1. The Kier molecular flexibility index (Phi) is 4.60. The van der Waals surface area contributed by atoms with Crippen LogP contribution in [0.2, 0.25) is 0 Å². The van der Waals surface area contributed by atoms with Gasteiger partial charge in [-0.25, -0.2) is 4.98 Å². The van der Waals surface area contributed by atoms with Crippen molar-refractivity contribution in [3.8, 4) is 0 Å². The van der Waals surface area contributed by atoms with Gasteiger partial charge >= 0.3 is 0 Å². The number of amides is 1. The number of pyridine rings is 1. The van der Waals surface area contributed by atoms with E-state index >= 15 is 0 Å². The monoisotopic (exact) mass is 271 g/mol. The lowest BCUT2D eigenvalue weighted by Gasteiger charge is -2.08. The highest BCUT2D eigenvalue weighted by molar-refractivity contribution is 5.94. The number of hydrogen-bond donors (Lipinski definition) is 2. The Bertz CT molecular complexity index is 585. The van der Waals surface area contributed by atoms with E-state index in [0.29, 0.717) is 17.9 Å². The van der Waals surface area contributed by atoms with Gasteiger partial charge in [0.2, 0.25) is 0 Å². The summed E-state index contributed by atoms with van der Waals surface area (Å²) >= 11 is 0. The molecule has 1 amide bonds. The molecule has 2 aromatic heterocycles. The lowest BCUT2D eigenvalue weighted by molar-refractivity contribution is 0.0950. The largest absolute Gasteiger partial charge is 0.370 e. The molecule has 0 aliphatic rings. The van der Waals surface area contributed by atoms with Crippen LogP contribution in [-0.2, 0) is 6.54 Å². The van der Waals surface area contributed by atoms with Crippen molar-refractivity contribution in [1.29, 1.82) is 0 Å². The lowest BCUT2D eigenvalue weighted by Crippen LogP contribution is -2.23. The minimum atomic E-state index is -0.152. The van der Waals surface area contributed by atoms with Gasteiger partial charge < -0.3 is 10.6 Å². The summed E-state index contributed by atoms with van der Waals surface area (Å²) in [6.45, 7) is 4.96. The van der Waals surface area contributed by atoms with Crippen molar-refractivity contribution in [3.63, 3.8) is 0 Å². The van der Waals surface area contributed by atoms with Crippen LogP contribution in [0.3, 0.4) is 0 Å². The zero-order chi connectivity index (χ0) is 14.4. The Labute approximate surface area is 117 Å². The third-order valence-electron chi connectivity index (χ3n) is 2.63. The van der Waals surface area contributed by atoms with Crippen LogP contribution in [-0.4, -0.2) is 27.6 Å². The van der Waals surface area contributed by atoms with Crippen molar-refractivity contribution in [2.24, 2.45) is 0 Å². The van der Waals surface area contributed by atoms with E-state index in [9.17, 15) is 4.79 Å². The molecule has 2 rings (SSSR count). The third kappa shape index (κ3) is 3.74. The summed E-state index contributed by atoms with van der Waals surface area (Å²) in [7, 11) is 0. The second kappa shape index (κ2) is 6.60. The molecule has 0 aromatic carbocycles. The molecular formula is C14H17N5O. The summed E-state index contributed by atoms with van der Waals surface area (Å²) in [5, 5.41) is 13.6. The van der Waals surface area contributed by atoms with E-state index in [1.807, 2.05) is 19.9 Å². The molecule has 2 heterocycles. The Morgan fingerprint density at radius 2 is 2.20 bits per heavy atom. The number of aromatic nitrogens is 3. The lowest BCUT2D eigenvalue weighted by atomic mass is 10.2. The molecule has 104 valence electrons. The zero-order valence-electron chi connectivity index (χ0n) is 11.6. The molecule has 6 heteroatoms. The number of nitrogens with zero attached hydrogens (tertiary/aromatic N) is 3. The molecule has 0 spiro atoms. The van der Waals surface area contributed by atoms with Gasteiger partial charge in [-0.1, -0.05) is 0 Å². The molecule has 0 bridgehead atoms. The molecule has 0 saturated heterocycles. The third-order valence-corrected chi connectivity index (χ3v) is 2.63. The van der Waals surface area contributed by atoms with Crippen LogP contribution in [0.5, 0.6) is 0 Å². The fourth-order valence-electron chi connectivity index (χ4n) is 1.77. The van der Waals surface area contributed by atoms with E-state index in [-0.39, 0.29) is 5.91 Å². The first-order chi connectivity index (χ1) is 9.69. The maximum atomic E-state index is 12.1. The van der Waals surface area contributed by atoms with E-state index < -0.39 is 0 Å². The summed E-state index contributed by atoms with van der Waals surface area (Å²) in [5.41, 5.74) is 2.10. The molecule has 2 N–H and O–H groups in total. The summed E-state index contributed by atoms with van der Waals surface area (Å²) in [4.78, 5) is 16.4. The number of aryl methyl sites for hydroxylation is 1. The van der Waals surface area contributed by atoms with Crippen LogP contribution in [0.4, 0.5) is 5.82 Å². The highest BCUT2D eigenvalue weighted by atomic mass is 16.1. The molecule has 0 saturated carbocycles. The molecule has 2 aromatic rings. The number of hydrogen-bond acceptors (Lipinski definition) is 5. The Hall–Kier alpha value is -2.50. The minimum Gasteiger partial charge on any atom is -0.370 e. The maximum absolute atomic E-state index is 12.1. The van der Waals surface area contributed by atoms with Crippen LogP contribution in [0, 0.1) is 6.92 Å². The number of carbonyl (C=O) groups excluding carboxylic acids is 1. The van der Waals surface area contributed by atoms with Gasteiger partial charge in [0.1, 0.15) is 5.82 Å². The topological polar surface area (TPSA) is 79.8 Å². The number of anilines is 1. The SMILES string of the molecule is CCNc1cc(C(=O)NCc2cccnn2)cc(C)n1. The molecular weight excluding hydrogens is 254 g/mol. The summed E-state index contributed by atoms with van der Waals surface area (Å²) in [6, 6.07) is 7.10. The van der Waals surface area contributed by atoms with Crippen LogP contribution in [0.15, 0.2) is 30.5 Å². The first-order valence-electron chi connectivity index (χ1n) is 6.46. The summed E-state index contributed by atoms with van der Waals surface area (Å²) in [6.07, 6.45) is 1.60. The normalized spacial score (nSPS) is 10.1. The van der Waals surface area contributed by atoms with Crippen LogP contribution < -0.4 is 10.6 Å². The summed E-state index contributed by atoms with van der Waals surface area (Å²) in [5.74, 6) is 0.553. The van der Waals surface area contributed by atoms with Gasteiger partial charge in [-0.2, -0.15) is 10.2 Å². The molecule has 0 atom stereocenters. The second-order valence-corrected chi connectivity index (χ2v) is 4.31. The van der Waals surface area contributed by atoms with Crippen LogP contribution in [0.25, 0.3) is 0 Å². The Balaban J connectivity index is 2.05. The van der Waals surface area contributed by atoms with Crippen LogP contribution in [0.1, 0.15) is 28.7 Å². The fraction of sp³-hybridized carbons (Fsp3) is 0.286. The molecule has 0 aliphatic carbocycles. The number of nitrogens with one attached hydrogen (secondary N) is 2. The Morgan fingerprint density at radius 3 is 2.90 bits per heavy atom. The van der Waals surface area contributed by atoms with E-state index in [0.717, 1.165) is 17.9 Å². The average molecular weight is 271 g/mol. The van der Waals surface area contributed by atoms with E-state index in [4.69, 9.17) is 0 Å². The Morgan fingerprint density at radius 1 is 1.35 bits per heavy atom. The van der Waals surface area contributed by atoms with Crippen molar-refractivity contribution >= 4 is 11.7 Å². The smallest absolute Gasteiger partial charge is 0.251 e. The second-order valence-electron chi connectivity index (χ2n) is 4.31. The predicted molar refractivity (Wildman–Crippen MR) is 76.3 cm³/mol. The molecule has 0 radical (unpaired) electrons. The van der Waals surface area contributed by atoms with Gasteiger partial charge in [0.05, 0.1) is 12.2 Å². The molecule has 0 fully saturated rings. The van der Waals surface area contributed by atoms with Crippen molar-refractivity contribution in [1.82, 2.24) is 20.5 Å². The molecule has 0 unspecified atom stereocenters. The van der Waals surface area contributed by atoms with Gasteiger partial charge in [-0.15, -0.1) is 0 Å². The maximum Gasteiger partial charge on any atom is 0.251 e. The van der Waals surface area contributed by atoms with E-state index in [1.165, 1.54) is 0 Å². The zero-order valence-corrected chi connectivity index (χ0v) is 11.6. The van der Waals surface area contributed by atoms with Gasteiger partial charge in [0.25, 0.3) is 5.91 Å². The molecule has 20 heavy (non-hydrogen) atoms. The first-order valence-corrected chi connectivity index (χ1v) is 6.46. The minimum absolute atomic E-state index is 0.152. The fourth-order valence-corrected chi connectivity index (χ4v) is 1.77. The highest BCUT2D eigenvalue weighted by Crippen LogP contribution is 2.10. The quantitative estimate of drug-likeness (QED) is 0.862. The van der Waals surface area contributed by atoms with Gasteiger partial charge in [0, 0.05) is 24.0 Å². The highest BCUT2D eigenvalue weighted by Gasteiger charge is 2.08.